The van der Waals surface area contributed by atoms with Gasteiger partial charge in [-0.2, -0.15) is 4.68 Å². The number of benzene rings is 3. The number of halogens is 1. The van der Waals surface area contributed by atoms with Crippen molar-refractivity contribution < 1.29 is 34.2 Å². The third-order valence-corrected chi connectivity index (χ3v) is 7.35. The lowest BCUT2D eigenvalue weighted by Crippen LogP contribution is -2.49. The van der Waals surface area contributed by atoms with E-state index in [0.717, 1.165) is 0 Å². The summed E-state index contributed by atoms with van der Waals surface area (Å²) in [5.41, 5.74) is 1.97. The number of carboxylic acids is 1. The summed E-state index contributed by atoms with van der Waals surface area (Å²) in [7, 11) is 0. The van der Waals surface area contributed by atoms with E-state index < -0.39 is 35.8 Å². The minimum Gasteiger partial charge on any atom is -0.478 e. The van der Waals surface area contributed by atoms with E-state index >= 15 is 0 Å². The van der Waals surface area contributed by atoms with Crippen molar-refractivity contribution in [2.45, 2.75) is 31.4 Å². The summed E-state index contributed by atoms with van der Waals surface area (Å²) in [6.07, 6.45) is 1.05. The summed E-state index contributed by atoms with van der Waals surface area (Å²) < 4.78 is 1.26. The highest BCUT2D eigenvalue weighted by atomic mass is 35.5. The van der Waals surface area contributed by atoms with E-state index in [1.165, 1.54) is 41.3 Å². The van der Waals surface area contributed by atoms with Gasteiger partial charge in [-0.25, -0.2) is 4.79 Å². The summed E-state index contributed by atoms with van der Waals surface area (Å²) in [6.45, 7) is 0.359. The number of nitrogens with zero attached hydrogens (tertiary/aromatic N) is 5. The molecule has 0 saturated carbocycles. The first-order valence-corrected chi connectivity index (χ1v) is 14.3. The van der Waals surface area contributed by atoms with Crippen LogP contribution >= 0.6 is 11.6 Å². The number of hydrogen-bond donors (Lipinski definition) is 5. The molecule has 5 rings (SSSR count). The van der Waals surface area contributed by atoms with Crippen LogP contribution in [0.3, 0.4) is 0 Å². The highest BCUT2D eigenvalue weighted by molar-refractivity contribution is 6.40. The van der Waals surface area contributed by atoms with Crippen LogP contribution < -0.4 is 20.9 Å². The minimum atomic E-state index is -1.26. The molecule has 1 fully saturated rings. The predicted molar refractivity (Wildman–Crippen MR) is 164 cm³/mol. The number of aromatic carboxylic acids is 1. The fourth-order valence-electron chi connectivity index (χ4n) is 4.75. The Labute approximate surface area is 266 Å². The smallest absolute Gasteiger partial charge is 0.335 e. The molecule has 5 N–H and O–H groups in total. The zero-order valence-corrected chi connectivity index (χ0v) is 24.7. The van der Waals surface area contributed by atoms with Crippen molar-refractivity contribution in [2.24, 2.45) is 0 Å². The Morgan fingerprint density at radius 3 is 2.37 bits per heavy atom. The normalized spacial score (nSPS) is 15.1. The molecule has 1 aliphatic rings. The molecule has 3 aromatic carbocycles. The van der Waals surface area contributed by atoms with Crippen molar-refractivity contribution >= 4 is 58.3 Å². The first-order valence-electron chi connectivity index (χ1n) is 13.9. The number of carboxylic acid groups (broad SMARTS) is 1. The number of hydrogen-bond acceptors (Lipinski definition) is 9. The zero-order valence-electron chi connectivity index (χ0n) is 24.0. The maximum Gasteiger partial charge on any atom is 0.335 e. The molecule has 236 valence electrons. The summed E-state index contributed by atoms with van der Waals surface area (Å²) in [6, 6.07) is 15.4. The van der Waals surface area contributed by atoms with Crippen molar-refractivity contribution in [1.29, 1.82) is 0 Å². The number of aromatic nitrogens is 4. The minimum absolute atomic E-state index is 0.0170. The van der Waals surface area contributed by atoms with Gasteiger partial charge in [-0.3, -0.25) is 19.2 Å². The number of anilines is 3. The maximum absolute atomic E-state index is 13.4. The lowest BCUT2D eigenvalue weighted by molar-refractivity contribution is -0.137. The quantitative estimate of drug-likeness (QED) is 0.167. The van der Waals surface area contributed by atoms with Gasteiger partial charge >= 0.3 is 17.8 Å². The van der Waals surface area contributed by atoms with Gasteiger partial charge in [-0.05, 0) is 77.0 Å². The van der Waals surface area contributed by atoms with Gasteiger partial charge in [0.15, 0.2) is 0 Å². The van der Waals surface area contributed by atoms with Gasteiger partial charge in [0.1, 0.15) is 12.4 Å². The van der Waals surface area contributed by atoms with Crippen LogP contribution in [0.5, 0.6) is 0 Å². The Hall–Kier alpha value is -5.67. The van der Waals surface area contributed by atoms with Gasteiger partial charge in [0, 0.05) is 29.4 Å². The molecule has 0 aliphatic carbocycles. The number of nitrogens with one attached hydrogen (secondary N) is 3. The van der Waals surface area contributed by atoms with Crippen molar-refractivity contribution in [2.75, 3.05) is 22.1 Å². The highest BCUT2D eigenvalue weighted by Gasteiger charge is 2.27. The molecular formula is C30H27ClN8O7. The van der Waals surface area contributed by atoms with Gasteiger partial charge in [0.2, 0.25) is 11.8 Å². The van der Waals surface area contributed by atoms with Crippen molar-refractivity contribution in [3.8, 4) is 5.69 Å². The van der Waals surface area contributed by atoms with Crippen LogP contribution in [-0.2, 0) is 25.6 Å². The van der Waals surface area contributed by atoms with E-state index in [0.29, 0.717) is 29.9 Å². The van der Waals surface area contributed by atoms with Gasteiger partial charge < -0.3 is 31.1 Å². The van der Waals surface area contributed by atoms with Gasteiger partial charge in [-0.1, -0.05) is 23.7 Å². The van der Waals surface area contributed by atoms with Gasteiger partial charge in [0.25, 0.3) is 0 Å². The number of aliphatic hydroxyl groups excluding tert-OH is 1. The van der Waals surface area contributed by atoms with Crippen LogP contribution in [-0.4, -0.2) is 78.7 Å². The Morgan fingerprint density at radius 1 is 0.978 bits per heavy atom. The van der Waals surface area contributed by atoms with Gasteiger partial charge in [0.05, 0.1) is 29.5 Å². The molecule has 0 bridgehead atoms. The topological polar surface area (TPSA) is 209 Å². The van der Waals surface area contributed by atoms with Crippen molar-refractivity contribution in [3.05, 3.63) is 89.2 Å². The van der Waals surface area contributed by atoms with Crippen LogP contribution in [0.15, 0.2) is 73.1 Å². The predicted octanol–water partition coefficient (Wildman–Crippen LogP) is 1.81. The first-order chi connectivity index (χ1) is 22.1. The van der Waals surface area contributed by atoms with E-state index in [2.05, 4.69) is 31.5 Å². The highest BCUT2D eigenvalue weighted by Crippen LogP contribution is 2.24. The first kappa shape index (κ1) is 31.7. The molecule has 0 radical (unpaired) electrons. The second-order valence-electron chi connectivity index (χ2n) is 10.3. The number of carbonyl (C=O) groups excluding carboxylic acids is 4. The Kier molecular flexibility index (Phi) is 9.64. The van der Waals surface area contributed by atoms with Crippen LogP contribution in [0.1, 0.15) is 28.8 Å². The van der Waals surface area contributed by atoms with Crippen LogP contribution in [0, 0.1) is 0 Å². The lowest BCUT2D eigenvalue weighted by atomic mass is 10.0. The Morgan fingerprint density at radius 2 is 1.72 bits per heavy atom. The Balaban J connectivity index is 1.33. The van der Waals surface area contributed by atoms with Crippen molar-refractivity contribution in [1.82, 2.24) is 25.5 Å². The summed E-state index contributed by atoms with van der Waals surface area (Å²) >= 11 is 6.11. The zero-order chi connectivity index (χ0) is 32.8. The fraction of sp³-hybridized carbons (Fsp3) is 0.200. The molecule has 2 unspecified atom stereocenters. The number of aliphatic hydroxyl groups is 1. The van der Waals surface area contributed by atoms with E-state index in [9.17, 15) is 29.1 Å². The number of rotatable bonds is 9. The average Bonchev–Trinajstić information content (AvgIpc) is 3.56. The van der Waals surface area contributed by atoms with Crippen LogP contribution in [0.25, 0.3) is 5.69 Å². The average molecular weight is 647 g/mol. The third kappa shape index (κ3) is 7.69. The van der Waals surface area contributed by atoms with Crippen LogP contribution in [0.2, 0.25) is 5.02 Å². The molecule has 0 spiro atoms. The number of amides is 4. The van der Waals surface area contributed by atoms with E-state index in [1.54, 1.807) is 41.3 Å². The molecule has 1 aliphatic heterocycles. The van der Waals surface area contributed by atoms with Crippen molar-refractivity contribution in [3.63, 3.8) is 0 Å². The molecule has 4 amide bonds. The molecule has 2 heterocycles. The van der Waals surface area contributed by atoms with Gasteiger partial charge in [-0.15, -0.1) is 5.10 Å². The SMILES string of the molecule is O=C(Nc1cc(Cl)ccc1-n1cnnn1)C(=O)NC(Cc1ccc(N2CCC(O)CC2=O)cc1)C(=O)Nc1ccc(C(=O)O)cc1. The summed E-state index contributed by atoms with van der Waals surface area (Å²) in [4.78, 5) is 64.7. The van der Waals surface area contributed by atoms with Crippen LogP contribution in [0.4, 0.5) is 17.1 Å². The third-order valence-electron chi connectivity index (χ3n) is 7.12. The largest absolute Gasteiger partial charge is 0.478 e. The molecular weight excluding hydrogens is 620 g/mol. The summed E-state index contributed by atoms with van der Waals surface area (Å²) in [5.74, 6) is -4.24. The standard InChI is InChI=1S/C30H27ClN8O7/c31-19-5-10-25(39-16-32-36-37-39)23(14-19)34-28(43)29(44)35-24(27(42)33-20-6-3-18(4-7-20)30(45)46)13-17-1-8-21(9-2-17)38-12-11-22(40)15-26(38)41/h1-10,14,16,22,24,40H,11-13,15H2,(H,33,42)(H,34,43)(H,35,44)(H,45,46). The number of tetrazole rings is 1. The molecule has 15 nitrogen and oxygen atoms in total. The fourth-order valence-corrected chi connectivity index (χ4v) is 4.93. The molecule has 16 heteroatoms. The molecule has 1 saturated heterocycles. The second kappa shape index (κ2) is 14.0. The summed E-state index contributed by atoms with van der Waals surface area (Å²) in [5, 5.41) is 37.7. The number of carbonyl (C=O) groups is 5. The molecule has 46 heavy (non-hydrogen) atoms. The van der Waals surface area contributed by atoms with E-state index in [4.69, 9.17) is 16.7 Å². The molecule has 1 aromatic heterocycles. The lowest BCUT2D eigenvalue weighted by Gasteiger charge is -2.29. The van der Waals surface area contributed by atoms with E-state index in [-0.39, 0.29) is 40.7 Å². The second-order valence-corrected chi connectivity index (χ2v) is 10.8. The number of piperidine rings is 1. The molecule has 4 aromatic rings. The van der Waals surface area contributed by atoms with E-state index in [1.807, 2.05) is 0 Å². The Bertz CT molecular complexity index is 1770. The molecule has 2 atom stereocenters. The monoisotopic (exact) mass is 646 g/mol. The maximum atomic E-state index is 13.4.